The number of phenolic OH excluding ortho intramolecular Hbond substituents is 1. The van der Waals surface area contributed by atoms with Gasteiger partial charge in [-0.1, -0.05) is 11.6 Å². The van der Waals surface area contributed by atoms with Gasteiger partial charge in [-0.25, -0.2) is 0 Å². The standard InChI is InChI=1S/C9H11ClO2/c10-8-3-4-9(12)7(6-8)2-1-5-11/h3-4,6,11-12H,1-2,5H2. The van der Waals surface area contributed by atoms with Crippen molar-refractivity contribution in [2.24, 2.45) is 0 Å². The first-order valence-electron chi connectivity index (χ1n) is 3.82. The quantitative estimate of drug-likeness (QED) is 0.758. The van der Waals surface area contributed by atoms with Gasteiger partial charge in [0.1, 0.15) is 5.75 Å². The Hall–Kier alpha value is -0.730. The maximum atomic E-state index is 9.32. The average Bonchev–Trinajstić information content (AvgIpc) is 2.07. The first kappa shape index (κ1) is 9.36. The first-order chi connectivity index (χ1) is 5.74. The van der Waals surface area contributed by atoms with Crippen molar-refractivity contribution < 1.29 is 10.2 Å². The topological polar surface area (TPSA) is 40.5 Å². The van der Waals surface area contributed by atoms with Crippen LogP contribution in [0.2, 0.25) is 5.02 Å². The van der Waals surface area contributed by atoms with Crippen LogP contribution in [0.25, 0.3) is 0 Å². The van der Waals surface area contributed by atoms with Crippen LogP contribution in [-0.4, -0.2) is 16.8 Å². The molecule has 12 heavy (non-hydrogen) atoms. The maximum absolute atomic E-state index is 9.32. The van der Waals surface area contributed by atoms with Crippen molar-refractivity contribution in [3.05, 3.63) is 28.8 Å². The van der Waals surface area contributed by atoms with Gasteiger partial charge in [0.2, 0.25) is 0 Å². The van der Waals surface area contributed by atoms with Crippen molar-refractivity contribution in [2.75, 3.05) is 6.61 Å². The molecule has 0 unspecified atom stereocenters. The SMILES string of the molecule is OCCCc1cc(Cl)ccc1O. The molecule has 0 aliphatic heterocycles. The van der Waals surface area contributed by atoms with E-state index < -0.39 is 0 Å². The monoisotopic (exact) mass is 186 g/mol. The van der Waals surface area contributed by atoms with Gasteiger partial charge < -0.3 is 10.2 Å². The summed E-state index contributed by atoms with van der Waals surface area (Å²) < 4.78 is 0. The molecule has 3 heteroatoms. The van der Waals surface area contributed by atoms with E-state index in [0.29, 0.717) is 17.9 Å². The fourth-order valence-corrected chi connectivity index (χ4v) is 1.22. The van der Waals surface area contributed by atoms with Crippen LogP contribution in [0.3, 0.4) is 0 Å². The van der Waals surface area contributed by atoms with E-state index in [1.54, 1.807) is 18.2 Å². The highest BCUT2D eigenvalue weighted by molar-refractivity contribution is 6.30. The third-order valence-electron chi connectivity index (χ3n) is 1.65. The van der Waals surface area contributed by atoms with E-state index in [1.165, 1.54) is 0 Å². The van der Waals surface area contributed by atoms with Crippen LogP contribution in [0.1, 0.15) is 12.0 Å². The Balaban J connectivity index is 2.75. The van der Waals surface area contributed by atoms with Gasteiger partial charge in [-0.3, -0.25) is 0 Å². The van der Waals surface area contributed by atoms with E-state index in [0.717, 1.165) is 5.56 Å². The van der Waals surface area contributed by atoms with E-state index in [4.69, 9.17) is 16.7 Å². The smallest absolute Gasteiger partial charge is 0.118 e. The molecule has 2 nitrogen and oxygen atoms in total. The van der Waals surface area contributed by atoms with Crippen LogP contribution < -0.4 is 0 Å². The number of hydrogen-bond donors (Lipinski definition) is 2. The summed E-state index contributed by atoms with van der Waals surface area (Å²) in [5.74, 6) is 0.243. The third kappa shape index (κ3) is 2.40. The van der Waals surface area contributed by atoms with Crippen LogP contribution in [-0.2, 0) is 6.42 Å². The second kappa shape index (κ2) is 4.33. The summed E-state index contributed by atoms with van der Waals surface area (Å²) in [6.45, 7) is 0.131. The summed E-state index contributed by atoms with van der Waals surface area (Å²) in [6.07, 6.45) is 1.30. The van der Waals surface area contributed by atoms with Gasteiger partial charge in [0.05, 0.1) is 0 Å². The van der Waals surface area contributed by atoms with Crippen LogP contribution in [0.4, 0.5) is 0 Å². The van der Waals surface area contributed by atoms with Crippen molar-refractivity contribution in [1.82, 2.24) is 0 Å². The summed E-state index contributed by atoms with van der Waals surface area (Å²) in [6, 6.07) is 4.92. The van der Waals surface area contributed by atoms with Gasteiger partial charge >= 0.3 is 0 Å². The lowest BCUT2D eigenvalue weighted by atomic mass is 10.1. The molecular weight excluding hydrogens is 176 g/mol. The van der Waals surface area contributed by atoms with Gasteiger partial charge in [0, 0.05) is 11.6 Å². The second-order valence-electron chi connectivity index (χ2n) is 2.60. The zero-order valence-corrected chi connectivity index (χ0v) is 7.38. The molecule has 0 fully saturated rings. The van der Waals surface area contributed by atoms with E-state index in [1.807, 2.05) is 0 Å². The Morgan fingerprint density at radius 1 is 1.33 bits per heavy atom. The molecule has 1 rings (SSSR count). The van der Waals surface area contributed by atoms with Gasteiger partial charge in [0.15, 0.2) is 0 Å². The van der Waals surface area contributed by atoms with E-state index >= 15 is 0 Å². The van der Waals surface area contributed by atoms with Crippen LogP contribution in [0.15, 0.2) is 18.2 Å². The summed E-state index contributed by atoms with van der Waals surface area (Å²) in [7, 11) is 0. The molecule has 0 radical (unpaired) electrons. The molecule has 1 aromatic carbocycles. The molecule has 0 saturated heterocycles. The van der Waals surface area contributed by atoms with Crippen molar-refractivity contribution in [3.8, 4) is 5.75 Å². The number of aliphatic hydroxyl groups is 1. The number of aliphatic hydroxyl groups excluding tert-OH is 1. The lowest BCUT2D eigenvalue weighted by Gasteiger charge is -2.02. The molecule has 0 spiro atoms. The molecular formula is C9H11ClO2. The molecule has 1 aromatic rings. The zero-order chi connectivity index (χ0) is 8.97. The highest BCUT2D eigenvalue weighted by atomic mass is 35.5. The van der Waals surface area contributed by atoms with Crippen LogP contribution >= 0.6 is 11.6 Å². The lowest BCUT2D eigenvalue weighted by molar-refractivity contribution is 0.288. The molecule has 0 bridgehead atoms. The molecule has 0 aromatic heterocycles. The molecule has 0 atom stereocenters. The molecule has 66 valence electrons. The third-order valence-corrected chi connectivity index (χ3v) is 1.88. The van der Waals surface area contributed by atoms with Crippen LogP contribution in [0, 0.1) is 0 Å². The summed E-state index contributed by atoms with van der Waals surface area (Å²) >= 11 is 5.72. The van der Waals surface area contributed by atoms with Crippen molar-refractivity contribution in [3.63, 3.8) is 0 Å². The maximum Gasteiger partial charge on any atom is 0.118 e. The van der Waals surface area contributed by atoms with E-state index in [9.17, 15) is 5.11 Å². The predicted molar refractivity (Wildman–Crippen MR) is 48.5 cm³/mol. The molecule has 0 heterocycles. The van der Waals surface area contributed by atoms with Gasteiger partial charge in [0.25, 0.3) is 0 Å². The molecule has 0 aliphatic rings. The molecule has 2 N–H and O–H groups in total. The predicted octanol–water partition coefficient (Wildman–Crippen LogP) is 1.97. The Labute approximate surface area is 76.4 Å². The number of phenols is 1. The summed E-state index contributed by atoms with van der Waals surface area (Å²) in [4.78, 5) is 0. The largest absolute Gasteiger partial charge is 0.508 e. The van der Waals surface area contributed by atoms with E-state index in [-0.39, 0.29) is 12.4 Å². The number of halogens is 1. The Kier molecular flexibility index (Phi) is 3.38. The number of aromatic hydroxyl groups is 1. The number of rotatable bonds is 3. The second-order valence-corrected chi connectivity index (χ2v) is 3.04. The highest BCUT2D eigenvalue weighted by Gasteiger charge is 2.00. The minimum atomic E-state index is 0.131. The van der Waals surface area contributed by atoms with Crippen LogP contribution in [0.5, 0.6) is 5.75 Å². The average molecular weight is 187 g/mol. The minimum Gasteiger partial charge on any atom is -0.508 e. The molecule has 0 amide bonds. The fourth-order valence-electron chi connectivity index (χ4n) is 1.02. The normalized spacial score (nSPS) is 10.2. The Morgan fingerprint density at radius 2 is 2.08 bits per heavy atom. The molecule has 0 aliphatic carbocycles. The lowest BCUT2D eigenvalue weighted by Crippen LogP contribution is -1.89. The summed E-state index contributed by atoms with van der Waals surface area (Å²) in [5.41, 5.74) is 0.788. The van der Waals surface area contributed by atoms with Crippen molar-refractivity contribution >= 4 is 11.6 Å². The van der Waals surface area contributed by atoms with Gasteiger partial charge in [-0.05, 0) is 36.6 Å². The molecule has 0 saturated carbocycles. The zero-order valence-electron chi connectivity index (χ0n) is 6.63. The summed E-state index contributed by atoms with van der Waals surface area (Å²) in [5, 5.41) is 18.5. The van der Waals surface area contributed by atoms with Gasteiger partial charge in [-0.2, -0.15) is 0 Å². The van der Waals surface area contributed by atoms with Crippen molar-refractivity contribution in [2.45, 2.75) is 12.8 Å². The minimum absolute atomic E-state index is 0.131. The number of aryl methyl sites for hydroxylation is 1. The first-order valence-corrected chi connectivity index (χ1v) is 4.20. The van der Waals surface area contributed by atoms with Crippen molar-refractivity contribution in [1.29, 1.82) is 0 Å². The fraction of sp³-hybridized carbons (Fsp3) is 0.333. The Bertz CT molecular complexity index is 261. The van der Waals surface area contributed by atoms with E-state index in [2.05, 4.69) is 0 Å². The Morgan fingerprint density at radius 3 is 2.75 bits per heavy atom. The highest BCUT2D eigenvalue weighted by Crippen LogP contribution is 2.22. The number of benzene rings is 1. The number of hydrogen-bond acceptors (Lipinski definition) is 2. The van der Waals surface area contributed by atoms with Gasteiger partial charge in [-0.15, -0.1) is 0 Å².